The molecule has 20 heavy (non-hydrogen) atoms. The lowest BCUT2D eigenvalue weighted by atomic mass is 10.1. The lowest BCUT2D eigenvalue weighted by molar-refractivity contribution is 0.631. The standard InChI is InChI=1S/C15H11ClFN3/c1-8-9(2)19-15-14(18-8)6-5-13(20-15)11-4-3-10(16)7-12(11)17/h3-7H,1-2H3. The first-order valence-corrected chi connectivity index (χ1v) is 6.50. The van der Waals surface area contributed by atoms with E-state index in [1.54, 1.807) is 24.3 Å². The Balaban J connectivity index is 2.20. The minimum absolute atomic E-state index is 0.360. The molecule has 2 heterocycles. The number of pyridine rings is 1. The van der Waals surface area contributed by atoms with E-state index in [0.29, 0.717) is 27.4 Å². The summed E-state index contributed by atoms with van der Waals surface area (Å²) in [5.74, 6) is -0.402. The molecule has 0 saturated carbocycles. The number of rotatable bonds is 1. The van der Waals surface area contributed by atoms with Crippen molar-refractivity contribution in [3.05, 3.63) is 52.6 Å². The zero-order valence-corrected chi connectivity index (χ0v) is 11.7. The van der Waals surface area contributed by atoms with E-state index in [-0.39, 0.29) is 0 Å². The fourth-order valence-electron chi connectivity index (χ4n) is 1.96. The molecule has 0 spiro atoms. The van der Waals surface area contributed by atoms with Crippen molar-refractivity contribution in [2.75, 3.05) is 0 Å². The van der Waals surface area contributed by atoms with E-state index in [1.165, 1.54) is 6.07 Å². The topological polar surface area (TPSA) is 38.7 Å². The third-order valence-electron chi connectivity index (χ3n) is 3.15. The zero-order chi connectivity index (χ0) is 14.3. The van der Waals surface area contributed by atoms with Crippen molar-refractivity contribution in [3.63, 3.8) is 0 Å². The normalized spacial score (nSPS) is 11.0. The van der Waals surface area contributed by atoms with Crippen LogP contribution in [0.1, 0.15) is 11.4 Å². The molecule has 3 aromatic rings. The molecule has 0 bridgehead atoms. The Morgan fingerprint density at radius 2 is 1.70 bits per heavy atom. The summed E-state index contributed by atoms with van der Waals surface area (Å²) in [5, 5.41) is 0.360. The van der Waals surface area contributed by atoms with Gasteiger partial charge in [-0.1, -0.05) is 11.6 Å². The number of hydrogen-bond acceptors (Lipinski definition) is 3. The third-order valence-corrected chi connectivity index (χ3v) is 3.38. The summed E-state index contributed by atoms with van der Waals surface area (Å²) >= 11 is 5.75. The van der Waals surface area contributed by atoms with Gasteiger partial charge in [0.2, 0.25) is 0 Å². The molecule has 0 aliphatic heterocycles. The average molecular weight is 288 g/mol. The molecule has 3 rings (SSSR count). The summed E-state index contributed by atoms with van der Waals surface area (Å²) < 4.78 is 13.9. The molecule has 0 radical (unpaired) electrons. The number of fused-ring (bicyclic) bond motifs is 1. The fourth-order valence-corrected chi connectivity index (χ4v) is 2.12. The van der Waals surface area contributed by atoms with Crippen molar-refractivity contribution in [1.82, 2.24) is 15.0 Å². The van der Waals surface area contributed by atoms with Crippen LogP contribution in [0, 0.1) is 19.7 Å². The zero-order valence-electron chi connectivity index (χ0n) is 11.0. The Kier molecular flexibility index (Phi) is 3.10. The maximum Gasteiger partial charge on any atom is 0.179 e. The number of hydrogen-bond donors (Lipinski definition) is 0. The van der Waals surface area contributed by atoms with Crippen LogP contribution < -0.4 is 0 Å². The molecule has 0 aliphatic rings. The summed E-state index contributed by atoms with van der Waals surface area (Å²) in [4.78, 5) is 13.2. The molecule has 0 amide bonds. The SMILES string of the molecule is Cc1nc2ccc(-c3ccc(Cl)cc3F)nc2nc1C. The molecular formula is C15H11ClFN3. The molecule has 0 saturated heterocycles. The van der Waals surface area contributed by atoms with Crippen molar-refractivity contribution in [2.45, 2.75) is 13.8 Å². The minimum Gasteiger partial charge on any atom is -0.248 e. The third kappa shape index (κ3) is 2.23. The highest BCUT2D eigenvalue weighted by Crippen LogP contribution is 2.25. The Morgan fingerprint density at radius 1 is 0.950 bits per heavy atom. The Bertz CT molecular complexity index is 818. The van der Waals surface area contributed by atoms with E-state index >= 15 is 0 Å². The van der Waals surface area contributed by atoms with Crippen LogP contribution in [-0.4, -0.2) is 15.0 Å². The van der Waals surface area contributed by atoms with Gasteiger partial charge in [-0.05, 0) is 44.2 Å². The van der Waals surface area contributed by atoms with Gasteiger partial charge in [-0.25, -0.2) is 19.3 Å². The van der Waals surface area contributed by atoms with Crippen molar-refractivity contribution in [3.8, 4) is 11.3 Å². The van der Waals surface area contributed by atoms with E-state index in [0.717, 1.165) is 11.4 Å². The van der Waals surface area contributed by atoms with Crippen LogP contribution in [0.5, 0.6) is 0 Å². The molecule has 1 aromatic carbocycles. The molecule has 0 N–H and O–H groups in total. The van der Waals surface area contributed by atoms with Gasteiger partial charge < -0.3 is 0 Å². The van der Waals surface area contributed by atoms with Crippen LogP contribution in [-0.2, 0) is 0 Å². The lowest BCUT2D eigenvalue weighted by Gasteiger charge is -2.06. The van der Waals surface area contributed by atoms with E-state index in [1.807, 2.05) is 13.8 Å². The van der Waals surface area contributed by atoms with Gasteiger partial charge in [-0.2, -0.15) is 0 Å². The van der Waals surface area contributed by atoms with E-state index in [2.05, 4.69) is 15.0 Å². The number of nitrogens with zero attached hydrogens (tertiary/aromatic N) is 3. The van der Waals surface area contributed by atoms with Gasteiger partial charge in [-0.3, -0.25) is 0 Å². The van der Waals surface area contributed by atoms with Gasteiger partial charge >= 0.3 is 0 Å². The van der Waals surface area contributed by atoms with Crippen LogP contribution >= 0.6 is 11.6 Å². The average Bonchev–Trinajstić information content (AvgIpc) is 2.40. The highest BCUT2D eigenvalue weighted by Gasteiger charge is 2.09. The van der Waals surface area contributed by atoms with Gasteiger partial charge in [0.25, 0.3) is 0 Å². The minimum atomic E-state index is -0.402. The van der Waals surface area contributed by atoms with Crippen LogP contribution in [0.3, 0.4) is 0 Å². The predicted molar refractivity (Wildman–Crippen MR) is 77.2 cm³/mol. The van der Waals surface area contributed by atoms with Gasteiger partial charge in [0.15, 0.2) is 5.65 Å². The molecule has 2 aromatic heterocycles. The first kappa shape index (κ1) is 12.9. The lowest BCUT2D eigenvalue weighted by Crippen LogP contribution is -1.97. The molecule has 0 atom stereocenters. The maximum absolute atomic E-state index is 13.9. The molecule has 5 heteroatoms. The van der Waals surface area contributed by atoms with E-state index in [4.69, 9.17) is 11.6 Å². The smallest absolute Gasteiger partial charge is 0.179 e. The van der Waals surface area contributed by atoms with Crippen LogP contribution in [0.2, 0.25) is 5.02 Å². The summed E-state index contributed by atoms with van der Waals surface area (Å²) in [6, 6.07) is 8.05. The van der Waals surface area contributed by atoms with Crippen molar-refractivity contribution >= 4 is 22.8 Å². The number of aromatic nitrogens is 3. The van der Waals surface area contributed by atoms with Crippen molar-refractivity contribution in [1.29, 1.82) is 0 Å². The Labute approximate surface area is 120 Å². The maximum atomic E-state index is 13.9. The van der Waals surface area contributed by atoms with Crippen molar-refractivity contribution in [2.24, 2.45) is 0 Å². The largest absolute Gasteiger partial charge is 0.248 e. The fraction of sp³-hybridized carbons (Fsp3) is 0.133. The highest BCUT2D eigenvalue weighted by atomic mass is 35.5. The summed E-state index contributed by atoms with van der Waals surface area (Å²) in [6.07, 6.45) is 0. The second-order valence-corrected chi connectivity index (χ2v) is 4.99. The molecule has 0 fully saturated rings. The van der Waals surface area contributed by atoms with E-state index in [9.17, 15) is 4.39 Å². The van der Waals surface area contributed by atoms with Gasteiger partial charge in [0, 0.05) is 10.6 Å². The van der Waals surface area contributed by atoms with Gasteiger partial charge in [0.1, 0.15) is 11.3 Å². The van der Waals surface area contributed by atoms with Crippen LogP contribution in [0.4, 0.5) is 4.39 Å². The van der Waals surface area contributed by atoms with Crippen LogP contribution in [0.15, 0.2) is 30.3 Å². The van der Waals surface area contributed by atoms with Crippen LogP contribution in [0.25, 0.3) is 22.4 Å². The second kappa shape index (κ2) is 4.80. The van der Waals surface area contributed by atoms with E-state index < -0.39 is 5.82 Å². The first-order chi connectivity index (χ1) is 9.54. The van der Waals surface area contributed by atoms with Gasteiger partial charge in [-0.15, -0.1) is 0 Å². The molecule has 0 unspecified atom stereocenters. The van der Waals surface area contributed by atoms with Crippen molar-refractivity contribution < 1.29 is 4.39 Å². The Hall–Kier alpha value is -2.07. The highest BCUT2D eigenvalue weighted by molar-refractivity contribution is 6.30. The number of halogens is 2. The first-order valence-electron chi connectivity index (χ1n) is 6.12. The number of aryl methyl sites for hydroxylation is 2. The molecular weight excluding hydrogens is 277 g/mol. The second-order valence-electron chi connectivity index (χ2n) is 4.56. The van der Waals surface area contributed by atoms with Gasteiger partial charge in [0.05, 0.1) is 17.1 Å². The monoisotopic (exact) mass is 287 g/mol. The number of benzene rings is 1. The summed E-state index contributed by atoms with van der Waals surface area (Å²) in [7, 11) is 0. The summed E-state index contributed by atoms with van der Waals surface area (Å²) in [6.45, 7) is 3.77. The molecule has 100 valence electrons. The summed E-state index contributed by atoms with van der Waals surface area (Å²) in [5.41, 5.74) is 3.81. The quantitative estimate of drug-likeness (QED) is 0.676. The predicted octanol–water partition coefficient (Wildman–Crippen LogP) is 4.10. The molecule has 3 nitrogen and oxygen atoms in total. The molecule has 0 aliphatic carbocycles. The Morgan fingerprint density at radius 3 is 2.45 bits per heavy atom.